The molecule has 0 bridgehead atoms. The van der Waals surface area contributed by atoms with Gasteiger partial charge in [0.05, 0.1) is 0 Å². The smallest absolute Gasteiger partial charge is 0.0422 e. The maximum absolute atomic E-state index is 4.44. The first-order valence-corrected chi connectivity index (χ1v) is 10.1. The molecule has 0 saturated carbocycles. The van der Waals surface area contributed by atoms with E-state index in [-0.39, 0.29) is 0 Å². The van der Waals surface area contributed by atoms with Gasteiger partial charge in [0.1, 0.15) is 0 Å². The first kappa shape index (κ1) is 19.1. The van der Waals surface area contributed by atoms with E-state index in [9.17, 15) is 0 Å². The Morgan fingerprint density at radius 1 is 1.21 bits per heavy atom. The van der Waals surface area contributed by atoms with Gasteiger partial charge in [0, 0.05) is 22.3 Å². The average Bonchev–Trinajstić information content (AvgIpc) is 2.96. The van der Waals surface area contributed by atoms with Gasteiger partial charge in [-0.05, 0) is 43.6 Å². The number of aromatic nitrogens is 1. The minimum Gasteiger partial charge on any atom is -0.361 e. The van der Waals surface area contributed by atoms with Crippen LogP contribution in [-0.4, -0.2) is 4.98 Å². The molecule has 0 spiro atoms. The van der Waals surface area contributed by atoms with Gasteiger partial charge in [-0.1, -0.05) is 77.5 Å². The molecule has 24 heavy (non-hydrogen) atoms. The van der Waals surface area contributed by atoms with Crippen molar-refractivity contribution >= 4 is 17.2 Å². The van der Waals surface area contributed by atoms with Gasteiger partial charge >= 0.3 is 0 Å². The van der Waals surface area contributed by atoms with E-state index in [2.05, 4.69) is 51.5 Å². The van der Waals surface area contributed by atoms with Crippen LogP contribution in [0, 0.1) is 11.8 Å². The first-order valence-electron chi connectivity index (χ1n) is 10.1. The summed E-state index contributed by atoms with van der Waals surface area (Å²) in [6.07, 6.45) is 16.4. The first-order chi connectivity index (χ1) is 11.6. The van der Waals surface area contributed by atoms with Crippen LogP contribution in [0.5, 0.6) is 0 Å². The minimum atomic E-state index is 0.643. The van der Waals surface area contributed by atoms with Crippen molar-refractivity contribution in [1.29, 1.82) is 0 Å². The Morgan fingerprint density at radius 2 is 2.00 bits per heavy atom. The zero-order valence-electron chi connectivity index (χ0n) is 16.4. The third-order valence-electron chi connectivity index (χ3n) is 5.56. The van der Waals surface area contributed by atoms with Crippen LogP contribution in [0.1, 0.15) is 91.0 Å². The van der Waals surface area contributed by atoms with E-state index in [4.69, 9.17) is 0 Å². The zero-order chi connectivity index (χ0) is 17.5. The second kappa shape index (κ2) is 9.30. The van der Waals surface area contributed by atoms with E-state index < -0.39 is 0 Å². The normalized spacial score (nSPS) is 18.2. The van der Waals surface area contributed by atoms with Crippen LogP contribution in [0.2, 0.25) is 0 Å². The molecule has 1 aromatic heterocycles. The lowest BCUT2D eigenvalue weighted by atomic mass is 9.88. The van der Waals surface area contributed by atoms with Crippen LogP contribution >= 0.6 is 0 Å². The summed E-state index contributed by atoms with van der Waals surface area (Å²) in [6.45, 7) is 13.6. The number of hydrogen-bond acceptors (Lipinski definition) is 0. The number of H-pyrrole nitrogens is 1. The van der Waals surface area contributed by atoms with Crippen LogP contribution in [-0.2, 0) is 0 Å². The molecule has 0 amide bonds. The average molecular weight is 328 g/mol. The van der Waals surface area contributed by atoms with E-state index in [0.717, 1.165) is 12.3 Å². The van der Waals surface area contributed by atoms with Crippen LogP contribution < -0.4 is 10.6 Å². The van der Waals surface area contributed by atoms with Crippen molar-refractivity contribution in [2.24, 2.45) is 11.8 Å². The molecule has 2 rings (SSSR count). The standard InChI is InChI=1S/C23H37N/c1-6-8-9-11-20(10-7-2)13-12-18(4)21-16-24-22-15-17(3)14-19(5)23(21)22/h15-17,20,24H,4,6-14H2,1-3,5H3. The molecule has 134 valence electrons. The molecule has 0 aromatic carbocycles. The highest BCUT2D eigenvalue weighted by Crippen LogP contribution is 2.26. The lowest BCUT2D eigenvalue weighted by molar-refractivity contribution is 0.402. The number of rotatable bonds is 10. The van der Waals surface area contributed by atoms with Crippen LogP contribution in [0.4, 0.5) is 0 Å². The molecule has 1 nitrogen and oxygen atoms in total. The molecule has 0 saturated heterocycles. The third kappa shape index (κ3) is 4.88. The number of hydrogen-bond donors (Lipinski definition) is 1. The number of unbranched alkanes of at least 4 members (excludes halogenated alkanes) is 2. The Kier molecular flexibility index (Phi) is 7.40. The molecule has 0 radical (unpaired) electrons. The summed E-state index contributed by atoms with van der Waals surface area (Å²) in [7, 11) is 0. The molecule has 0 fully saturated rings. The van der Waals surface area contributed by atoms with Gasteiger partial charge in [-0.25, -0.2) is 0 Å². The van der Waals surface area contributed by atoms with E-state index in [1.807, 2.05) is 0 Å². The molecule has 1 heteroatoms. The summed E-state index contributed by atoms with van der Waals surface area (Å²) < 4.78 is 0. The Morgan fingerprint density at radius 3 is 2.71 bits per heavy atom. The van der Waals surface area contributed by atoms with Crippen molar-refractivity contribution in [1.82, 2.24) is 4.98 Å². The van der Waals surface area contributed by atoms with Gasteiger partial charge in [0.2, 0.25) is 0 Å². The predicted octanol–water partition coefficient (Wildman–Crippen LogP) is 5.80. The molecule has 2 atom stereocenters. The Labute approximate surface area is 148 Å². The van der Waals surface area contributed by atoms with Gasteiger partial charge in [-0.15, -0.1) is 0 Å². The second-order valence-corrected chi connectivity index (χ2v) is 7.91. The molecular weight excluding hydrogens is 290 g/mol. The maximum Gasteiger partial charge on any atom is 0.0422 e. The van der Waals surface area contributed by atoms with E-state index >= 15 is 0 Å². The summed E-state index contributed by atoms with van der Waals surface area (Å²) in [5.41, 5.74) is 4.21. The summed E-state index contributed by atoms with van der Waals surface area (Å²) in [4.78, 5) is 3.49. The molecule has 0 aliphatic heterocycles. The molecule has 1 aliphatic carbocycles. The summed E-state index contributed by atoms with van der Waals surface area (Å²) >= 11 is 0. The van der Waals surface area contributed by atoms with E-state index in [0.29, 0.717) is 5.92 Å². The van der Waals surface area contributed by atoms with Crippen LogP contribution in [0.3, 0.4) is 0 Å². The van der Waals surface area contributed by atoms with Gasteiger partial charge in [0.15, 0.2) is 0 Å². The largest absolute Gasteiger partial charge is 0.361 e. The van der Waals surface area contributed by atoms with Crippen molar-refractivity contribution in [3.63, 3.8) is 0 Å². The van der Waals surface area contributed by atoms with Crippen LogP contribution in [0.25, 0.3) is 17.2 Å². The fraction of sp³-hybridized carbons (Fsp3) is 0.652. The number of fused-ring (bicyclic) bond motifs is 1. The summed E-state index contributed by atoms with van der Waals surface area (Å²) in [6, 6.07) is 0. The molecular formula is C23H37N. The highest BCUT2D eigenvalue weighted by molar-refractivity contribution is 5.67. The fourth-order valence-corrected chi connectivity index (χ4v) is 4.28. The SMILES string of the molecule is C=C(CCC(CCC)CCCCC)c1c[nH]c2c1=C(C)CC(C)C=2. The monoisotopic (exact) mass is 327 g/mol. The van der Waals surface area contributed by atoms with E-state index in [1.165, 1.54) is 78.6 Å². The Balaban J connectivity index is 2.03. The molecule has 1 N–H and O–H groups in total. The third-order valence-corrected chi connectivity index (χ3v) is 5.56. The second-order valence-electron chi connectivity index (χ2n) is 7.91. The molecule has 1 heterocycles. The highest BCUT2D eigenvalue weighted by Gasteiger charge is 2.14. The lowest BCUT2D eigenvalue weighted by Gasteiger charge is -2.17. The van der Waals surface area contributed by atoms with Crippen molar-refractivity contribution in [2.75, 3.05) is 0 Å². The molecule has 1 aromatic rings. The van der Waals surface area contributed by atoms with Gasteiger partial charge < -0.3 is 4.98 Å². The Bertz CT molecular complexity index is 646. The topological polar surface area (TPSA) is 15.8 Å². The van der Waals surface area contributed by atoms with Crippen molar-refractivity contribution < 1.29 is 0 Å². The van der Waals surface area contributed by atoms with Crippen molar-refractivity contribution in [3.8, 4) is 0 Å². The zero-order valence-corrected chi connectivity index (χ0v) is 16.4. The summed E-state index contributed by atoms with van der Waals surface area (Å²) in [5.74, 6) is 1.52. The van der Waals surface area contributed by atoms with Crippen molar-refractivity contribution in [2.45, 2.75) is 85.5 Å². The molecule has 1 aliphatic rings. The highest BCUT2D eigenvalue weighted by atomic mass is 14.7. The van der Waals surface area contributed by atoms with Gasteiger partial charge in [-0.2, -0.15) is 0 Å². The van der Waals surface area contributed by atoms with E-state index in [1.54, 1.807) is 0 Å². The maximum atomic E-state index is 4.44. The fourth-order valence-electron chi connectivity index (χ4n) is 4.28. The quantitative estimate of drug-likeness (QED) is 0.523. The number of nitrogens with one attached hydrogen (secondary N) is 1. The van der Waals surface area contributed by atoms with Crippen LogP contribution in [0.15, 0.2) is 12.8 Å². The minimum absolute atomic E-state index is 0.643. The Hall–Kier alpha value is -1.24. The van der Waals surface area contributed by atoms with Gasteiger partial charge in [0.25, 0.3) is 0 Å². The lowest BCUT2D eigenvalue weighted by Crippen LogP contribution is -2.31. The van der Waals surface area contributed by atoms with Crippen molar-refractivity contribution in [3.05, 3.63) is 28.9 Å². The predicted molar refractivity (Wildman–Crippen MR) is 108 cm³/mol. The summed E-state index contributed by atoms with van der Waals surface area (Å²) in [5, 5.41) is 2.76. The number of allylic oxidation sites excluding steroid dienone is 1. The molecule has 2 unspecified atom stereocenters. The van der Waals surface area contributed by atoms with Gasteiger partial charge in [-0.3, -0.25) is 0 Å². The number of aromatic amines is 1.